The first kappa shape index (κ1) is 17.8. The van der Waals surface area contributed by atoms with Crippen LogP contribution in [0.1, 0.15) is 18.5 Å². The summed E-state index contributed by atoms with van der Waals surface area (Å²) in [6.07, 6.45) is 0. The lowest BCUT2D eigenvalue weighted by Crippen LogP contribution is -2.49. The molecule has 0 N–H and O–H groups in total. The lowest BCUT2D eigenvalue weighted by Gasteiger charge is -2.37. The van der Waals surface area contributed by atoms with Gasteiger partial charge in [-0.05, 0) is 36.8 Å². The highest BCUT2D eigenvalue weighted by molar-refractivity contribution is 7.91. The molecule has 0 spiro atoms. The highest BCUT2D eigenvalue weighted by Crippen LogP contribution is 2.29. The molecule has 0 aliphatic carbocycles. The molecule has 0 radical (unpaired) electrons. The average Bonchev–Trinajstić information content (AvgIpc) is 3.02. The van der Waals surface area contributed by atoms with Gasteiger partial charge in [0.2, 0.25) is 0 Å². The monoisotopic (exact) mass is 388 g/mol. The third-order valence-corrected chi connectivity index (χ3v) is 7.91. The Hall–Kier alpha value is -0.990. The van der Waals surface area contributed by atoms with Crippen LogP contribution < -0.4 is 0 Å². The molecule has 1 unspecified atom stereocenters. The fraction of sp³-hybridized carbons (Fsp3) is 0.375. The molecule has 2 aromatic rings. The molecule has 2 heterocycles. The molecule has 1 aliphatic heterocycles. The number of hydrogen-bond acceptors (Lipinski definition) is 4. The van der Waals surface area contributed by atoms with Gasteiger partial charge < -0.3 is 0 Å². The SMILES string of the molecule is CC(c1ccc(F)cc1)N1CCN(S(=O)(=O)c2ccc(Cl)s2)CC1. The van der Waals surface area contributed by atoms with Crippen LogP contribution in [0.5, 0.6) is 0 Å². The average molecular weight is 389 g/mol. The number of sulfonamides is 1. The van der Waals surface area contributed by atoms with Gasteiger partial charge >= 0.3 is 0 Å². The van der Waals surface area contributed by atoms with Crippen LogP contribution in [0, 0.1) is 5.82 Å². The Morgan fingerprint density at radius 3 is 2.25 bits per heavy atom. The zero-order chi connectivity index (χ0) is 17.3. The van der Waals surface area contributed by atoms with Crippen molar-refractivity contribution in [3.05, 3.63) is 52.1 Å². The zero-order valence-electron chi connectivity index (χ0n) is 13.2. The number of benzene rings is 1. The molecule has 1 aromatic carbocycles. The molecule has 1 atom stereocenters. The Morgan fingerprint density at radius 2 is 1.71 bits per heavy atom. The molecule has 1 aromatic heterocycles. The highest BCUT2D eigenvalue weighted by Gasteiger charge is 2.31. The van der Waals surface area contributed by atoms with E-state index in [4.69, 9.17) is 11.6 Å². The molecule has 3 rings (SSSR count). The Bertz CT molecular complexity index is 800. The van der Waals surface area contributed by atoms with Crippen LogP contribution >= 0.6 is 22.9 Å². The van der Waals surface area contributed by atoms with Gasteiger partial charge in [0.15, 0.2) is 0 Å². The van der Waals surface area contributed by atoms with Gasteiger partial charge in [0.25, 0.3) is 10.0 Å². The van der Waals surface area contributed by atoms with Crippen LogP contribution in [0.3, 0.4) is 0 Å². The summed E-state index contributed by atoms with van der Waals surface area (Å²) < 4.78 is 40.5. The minimum Gasteiger partial charge on any atom is -0.294 e. The van der Waals surface area contributed by atoms with Crippen LogP contribution in [-0.4, -0.2) is 43.8 Å². The van der Waals surface area contributed by atoms with Crippen LogP contribution in [0.4, 0.5) is 4.39 Å². The second-order valence-electron chi connectivity index (χ2n) is 5.73. The van der Waals surface area contributed by atoms with Crippen molar-refractivity contribution >= 4 is 33.0 Å². The molecule has 4 nitrogen and oxygen atoms in total. The predicted molar refractivity (Wildman–Crippen MR) is 94.5 cm³/mol. The summed E-state index contributed by atoms with van der Waals surface area (Å²) in [5.41, 5.74) is 1.03. The summed E-state index contributed by atoms with van der Waals surface area (Å²) in [5, 5.41) is 0. The van der Waals surface area contributed by atoms with Crippen LogP contribution in [0.15, 0.2) is 40.6 Å². The van der Waals surface area contributed by atoms with Crippen molar-refractivity contribution < 1.29 is 12.8 Å². The third-order valence-electron chi connectivity index (χ3n) is 4.32. The van der Waals surface area contributed by atoms with Gasteiger partial charge in [-0.25, -0.2) is 12.8 Å². The first-order valence-electron chi connectivity index (χ1n) is 7.63. The van der Waals surface area contributed by atoms with E-state index in [-0.39, 0.29) is 16.1 Å². The van der Waals surface area contributed by atoms with E-state index in [1.54, 1.807) is 24.3 Å². The van der Waals surface area contributed by atoms with E-state index < -0.39 is 10.0 Å². The van der Waals surface area contributed by atoms with Crippen molar-refractivity contribution in [1.29, 1.82) is 0 Å². The molecule has 8 heteroatoms. The van der Waals surface area contributed by atoms with Gasteiger partial charge in [-0.1, -0.05) is 23.7 Å². The maximum absolute atomic E-state index is 13.0. The lowest BCUT2D eigenvalue weighted by atomic mass is 10.1. The topological polar surface area (TPSA) is 40.6 Å². The van der Waals surface area contributed by atoms with E-state index in [1.807, 2.05) is 0 Å². The summed E-state index contributed by atoms with van der Waals surface area (Å²) in [4.78, 5) is 2.21. The van der Waals surface area contributed by atoms with E-state index in [0.717, 1.165) is 16.9 Å². The fourth-order valence-electron chi connectivity index (χ4n) is 2.85. The maximum atomic E-state index is 13.0. The van der Waals surface area contributed by atoms with E-state index in [1.165, 1.54) is 16.4 Å². The molecule has 1 aliphatic rings. The van der Waals surface area contributed by atoms with E-state index in [2.05, 4.69) is 11.8 Å². The summed E-state index contributed by atoms with van der Waals surface area (Å²) in [5.74, 6) is -0.253. The molecule has 1 saturated heterocycles. The number of hydrogen-bond donors (Lipinski definition) is 0. The Balaban J connectivity index is 1.66. The Morgan fingerprint density at radius 1 is 1.08 bits per heavy atom. The van der Waals surface area contributed by atoms with E-state index >= 15 is 0 Å². The van der Waals surface area contributed by atoms with Gasteiger partial charge in [0, 0.05) is 32.2 Å². The first-order valence-corrected chi connectivity index (χ1v) is 10.3. The lowest BCUT2D eigenvalue weighted by molar-refractivity contribution is 0.146. The fourth-order valence-corrected chi connectivity index (χ4v) is 5.91. The number of nitrogens with zero attached hydrogens (tertiary/aromatic N) is 2. The minimum absolute atomic E-state index is 0.117. The summed E-state index contributed by atoms with van der Waals surface area (Å²) in [6, 6.07) is 9.72. The number of halogens is 2. The van der Waals surface area contributed by atoms with Crippen molar-refractivity contribution in [3.63, 3.8) is 0 Å². The van der Waals surface area contributed by atoms with Gasteiger partial charge in [0.05, 0.1) is 4.34 Å². The quantitative estimate of drug-likeness (QED) is 0.803. The largest absolute Gasteiger partial charge is 0.294 e. The predicted octanol–water partition coefficient (Wildman–Crippen LogP) is 3.61. The second kappa shape index (κ2) is 7.09. The smallest absolute Gasteiger partial charge is 0.252 e. The third kappa shape index (κ3) is 3.65. The van der Waals surface area contributed by atoms with Crippen molar-refractivity contribution in [2.24, 2.45) is 0 Å². The first-order chi connectivity index (χ1) is 11.4. The van der Waals surface area contributed by atoms with E-state index in [9.17, 15) is 12.8 Å². The van der Waals surface area contributed by atoms with Crippen LogP contribution in [0.2, 0.25) is 4.34 Å². The minimum atomic E-state index is -3.47. The number of piperazine rings is 1. The Kier molecular flexibility index (Phi) is 5.27. The number of rotatable bonds is 4. The van der Waals surface area contributed by atoms with Crippen LogP contribution in [0.25, 0.3) is 0 Å². The molecular weight excluding hydrogens is 371 g/mol. The molecule has 1 fully saturated rings. The van der Waals surface area contributed by atoms with Crippen molar-refractivity contribution in [2.45, 2.75) is 17.2 Å². The normalized spacial score (nSPS) is 18.6. The summed E-state index contributed by atoms with van der Waals surface area (Å²) in [7, 11) is -3.47. The Labute approximate surface area is 150 Å². The molecule has 130 valence electrons. The molecule has 0 amide bonds. The summed E-state index contributed by atoms with van der Waals surface area (Å²) >= 11 is 6.93. The van der Waals surface area contributed by atoms with Gasteiger partial charge in [-0.3, -0.25) is 4.90 Å². The van der Waals surface area contributed by atoms with Crippen LogP contribution in [-0.2, 0) is 10.0 Å². The standard InChI is InChI=1S/C16H18ClFN2O2S2/c1-12(13-2-4-14(18)5-3-13)19-8-10-20(11-9-19)24(21,22)16-7-6-15(17)23-16/h2-7,12H,8-11H2,1H3. The summed E-state index contributed by atoms with van der Waals surface area (Å²) in [6.45, 7) is 4.19. The van der Waals surface area contributed by atoms with Gasteiger partial charge in [-0.2, -0.15) is 4.31 Å². The molecule has 0 bridgehead atoms. The van der Waals surface area contributed by atoms with Gasteiger partial charge in [-0.15, -0.1) is 11.3 Å². The van der Waals surface area contributed by atoms with Crippen molar-refractivity contribution in [2.75, 3.05) is 26.2 Å². The molecule has 24 heavy (non-hydrogen) atoms. The highest BCUT2D eigenvalue weighted by atomic mass is 35.5. The van der Waals surface area contributed by atoms with E-state index in [0.29, 0.717) is 30.5 Å². The second-order valence-corrected chi connectivity index (χ2v) is 9.61. The van der Waals surface area contributed by atoms with Gasteiger partial charge in [0.1, 0.15) is 10.0 Å². The van der Waals surface area contributed by atoms with Crippen molar-refractivity contribution in [1.82, 2.24) is 9.21 Å². The number of thiophene rings is 1. The van der Waals surface area contributed by atoms with Crippen molar-refractivity contribution in [3.8, 4) is 0 Å². The molecular formula is C16H18ClFN2O2S2. The maximum Gasteiger partial charge on any atom is 0.252 e. The zero-order valence-corrected chi connectivity index (χ0v) is 15.5. The molecule has 0 saturated carbocycles.